The van der Waals surface area contributed by atoms with Gasteiger partial charge in [0.2, 0.25) is 0 Å². The van der Waals surface area contributed by atoms with Crippen LogP contribution in [0.5, 0.6) is 11.5 Å². The summed E-state index contributed by atoms with van der Waals surface area (Å²) in [6.45, 7) is 6.16. The molecule has 1 fully saturated rings. The Hall–Kier alpha value is -2.82. The van der Waals surface area contributed by atoms with Gasteiger partial charge in [-0.2, -0.15) is 5.06 Å². The standard InChI is InChI=1S/C23H30N2O7S/c1-23(2,3)32-22(29)21-19(31-13-17(26)27)18(28)20(33-21)14-6-5-7-16(12-14)24-15-8-10-25(30-4)11-9-15/h5-7,12,15,24,28H,8-11,13H2,1-4H3,(H,26,27). The molecule has 1 aliphatic rings. The fourth-order valence-corrected chi connectivity index (χ4v) is 4.51. The first-order valence-corrected chi connectivity index (χ1v) is 11.5. The number of piperidine rings is 1. The van der Waals surface area contributed by atoms with E-state index in [1.807, 2.05) is 29.3 Å². The zero-order valence-electron chi connectivity index (χ0n) is 19.2. The Bertz CT molecular complexity index is 991. The van der Waals surface area contributed by atoms with Crippen molar-refractivity contribution in [2.75, 3.05) is 32.1 Å². The maximum atomic E-state index is 12.7. The minimum absolute atomic E-state index is 0.0176. The molecule has 0 bridgehead atoms. The lowest BCUT2D eigenvalue weighted by Crippen LogP contribution is -2.38. The van der Waals surface area contributed by atoms with Gasteiger partial charge < -0.3 is 29.8 Å². The number of hydroxylamine groups is 2. The van der Waals surface area contributed by atoms with Crippen molar-refractivity contribution in [1.82, 2.24) is 5.06 Å². The summed E-state index contributed by atoms with van der Waals surface area (Å²) in [7, 11) is 1.67. The molecule has 0 saturated carbocycles. The highest BCUT2D eigenvalue weighted by Gasteiger charge is 2.29. The number of carbonyl (C=O) groups excluding carboxylic acids is 1. The van der Waals surface area contributed by atoms with Gasteiger partial charge in [0.15, 0.2) is 23.0 Å². The maximum absolute atomic E-state index is 12.7. The summed E-state index contributed by atoms with van der Waals surface area (Å²) >= 11 is 1.00. The number of carboxylic acid groups (broad SMARTS) is 1. The highest BCUT2D eigenvalue weighted by Crippen LogP contribution is 2.48. The number of anilines is 1. The van der Waals surface area contributed by atoms with Gasteiger partial charge in [-0.1, -0.05) is 12.1 Å². The predicted octanol–water partition coefficient (Wildman–Crippen LogP) is 3.98. The molecule has 0 amide bonds. The van der Waals surface area contributed by atoms with Gasteiger partial charge in [0.05, 0.1) is 12.0 Å². The maximum Gasteiger partial charge on any atom is 0.352 e. The second kappa shape index (κ2) is 10.4. The molecule has 3 N–H and O–H groups in total. The van der Waals surface area contributed by atoms with Crippen LogP contribution < -0.4 is 10.1 Å². The topological polar surface area (TPSA) is 118 Å². The van der Waals surface area contributed by atoms with Gasteiger partial charge in [0, 0.05) is 24.8 Å². The monoisotopic (exact) mass is 478 g/mol. The van der Waals surface area contributed by atoms with Crippen LogP contribution in [0.3, 0.4) is 0 Å². The van der Waals surface area contributed by atoms with Crippen LogP contribution >= 0.6 is 11.3 Å². The number of nitrogens with zero attached hydrogens (tertiary/aromatic N) is 1. The number of esters is 1. The molecule has 0 unspecified atom stereocenters. The molecule has 0 radical (unpaired) electrons. The highest BCUT2D eigenvalue weighted by molar-refractivity contribution is 7.18. The number of ether oxygens (including phenoxy) is 2. The van der Waals surface area contributed by atoms with Crippen LogP contribution in [0, 0.1) is 0 Å². The Morgan fingerprint density at radius 3 is 2.55 bits per heavy atom. The Balaban J connectivity index is 1.87. The van der Waals surface area contributed by atoms with Gasteiger partial charge in [-0.3, -0.25) is 0 Å². The number of hydrogen-bond acceptors (Lipinski definition) is 9. The summed E-state index contributed by atoms with van der Waals surface area (Å²) < 4.78 is 10.7. The van der Waals surface area contributed by atoms with E-state index < -0.39 is 24.1 Å². The molecule has 0 spiro atoms. The third-order valence-corrected chi connectivity index (χ3v) is 6.16. The third kappa shape index (κ3) is 6.59. The van der Waals surface area contributed by atoms with E-state index in [-0.39, 0.29) is 22.4 Å². The summed E-state index contributed by atoms with van der Waals surface area (Å²) in [6.07, 6.45) is 1.86. The van der Waals surface area contributed by atoms with Gasteiger partial charge in [0.1, 0.15) is 5.60 Å². The molecule has 0 aliphatic carbocycles. The molecular weight excluding hydrogens is 448 g/mol. The van der Waals surface area contributed by atoms with Crippen LogP contribution in [0.25, 0.3) is 10.4 Å². The molecule has 0 atom stereocenters. The van der Waals surface area contributed by atoms with E-state index in [0.29, 0.717) is 10.4 Å². The van der Waals surface area contributed by atoms with E-state index in [1.165, 1.54) is 0 Å². The van der Waals surface area contributed by atoms with E-state index in [1.54, 1.807) is 27.9 Å². The number of carbonyl (C=O) groups is 2. The number of benzene rings is 1. The lowest BCUT2D eigenvalue weighted by molar-refractivity contribution is -0.142. The number of aromatic hydroxyl groups is 1. The van der Waals surface area contributed by atoms with Crippen molar-refractivity contribution in [3.8, 4) is 21.9 Å². The van der Waals surface area contributed by atoms with Gasteiger partial charge >= 0.3 is 11.9 Å². The Morgan fingerprint density at radius 1 is 1.24 bits per heavy atom. The van der Waals surface area contributed by atoms with E-state index in [2.05, 4.69) is 5.32 Å². The molecule has 1 saturated heterocycles. The molecule has 180 valence electrons. The van der Waals surface area contributed by atoms with Crippen LogP contribution in [0.4, 0.5) is 5.69 Å². The van der Waals surface area contributed by atoms with Gasteiger partial charge in [-0.05, 0) is 51.3 Å². The lowest BCUT2D eigenvalue weighted by Gasteiger charge is -2.31. The summed E-state index contributed by atoms with van der Waals surface area (Å²) in [5.74, 6) is -2.37. The highest BCUT2D eigenvalue weighted by atomic mass is 32.1. The van der Waals surface area contributed by atoms with Crippen LogP contribution in [-0.4, -0.2) is 65.7 Å². The van der Waals surface area contributed by atoms with Gasteiger partial charge in [0.25, 0.3) is 0 Å². The quantitative estimate of drug-likeness (QED) is 0.484. The van der Waals surface area contributed by atoms with Crippen LogP contribution in [0.2, 0.25) is 0 Å². The zero-order chi connectivity index (χ0) is 24.2. The minimum Gasteiger partial charge on any atom is -0.503 e. The van der Waals surface area contributed by atoms with Crippen molar-refractivity contribution in [2.45, 2.75) is 45.3 Å². The van der Waals surface area contributed by atoms with E-state index in [0.717, 1.165) is 43.0 Å². The van der Waals surface area contributed by atoms with Crippen LogP contribution in [0.1, 0.15) is 43.3 Å². The smallest absolute Gasteiger partial charge is 0.352 e. The van der Waals surface area contributed by atoms with Crippen LogP contribution in [0.15, 0.2) is 24.3 Å². The van der Waals surface area contributed by atoms with Crippen molar-refractivity contribution in [2.24, 2.45) is 0 Å². The Labute approximate surface area is 196 Å². The number of rotatable bonds is 8. The van der Waals surface area contributed by atoms with Crippen molar-refractivity contribution >= 4 is 29.0 Å². The SMILES string of the molecule is CON1CCC(Nc2cccc(-c3sc(C(=O)OC(C)(C)C)c(OCC(=O)O)c3O)c2)CC1. The molecule has 2 aromatic rings. The van der Waals surface area contributed by atoms with Crippen molar-refractivity contribution in [3.63, 3.8) is 0 Å². The van der Waals surface area contributed by atoms with Crippen molar-refractivity contribution in [1.29, 1.82) is 0 Å². The molecule has 10 heteroatoms. The average molecular weight is 479 g/mol. The van der Waals surface area contributed by atoms with Gasteiger partial charge in [-0.25, -0.2) is 9.59 Å². The largest absolute Gasteiger partial charge is 0.503 e. The summed E-state index contributed by atoms with van der Waals surface area (Å²) in [5, 5.41) is 25.3. The second-order valence-electron chi connectivity index (χ2n) is 8.73. The number of nitrogens with one attached hydrogen (secondary N) is 1. The zero-order valence-corrected chi connectivity index (χ0v) is 20.0. The average Bonchev–Trinajstić information content (AvgIpc) is 3.08. The van der Waals surface area contributed by atoms with E-state index in [4.69, 9.17) is 19.4 Å². The number of thiophene rings is 1. The number of carboxylic acids is 1. The van der Waals surface area contributed by atoms with Crippen LogP contribution in [-0.2, 0) is 14.4 Å². The third-order valence-electron chi connectivity index (χ3n) is 4.97. The summed E-state index contributed by atoms with van der Waals surface area (Å²) in [4.78, 5) is 29.4. The molecule has 1 aromatic carbocycles. The fourth-order valence-electron chi connectivity index (χ4n) is 3.50. The minimum atomic E-state index is -1.22. The first kappa shape index (κ1) is 24.8. The number of hydrogen-bond donors (Lipinski definition) is 3. The normalized spacial score (nSPS) is 15.3. The first-order chi connectivity index (χ1) is 15.6. The molecule has 2 heterocycles. The fraction of sp³-hybridized carbons (Fsp3) is 0.478. The van der Waals surface area contributed by atoms with E-state index >= 15 is 0 Å². The first-order valence-electron chi connectivity index (χ1n) is 10.7. The summed E-state index contributed by atoms with van der Waals surface area (Å²) in [5.41, 5.74) is 0.790. The van der Waals surface area contributed by atoms with Crippen molar-refractivity contribution < 1.29 is 34.1 Å². The second-order valence-corrected chi connectivity index (χ2v) is 9.75. The molecule has 1 aliphatic heterocycles. The summed E-state index contributed by atoms with van der Waals surface area (Å²) in [6, 6.07) is 7.77. The molecule has 9 nitrogen and oxygen atoms in total. The van der Waals surface area contributed by atoms with E-state index in [9.17, 15) is 14.7 Å². The number of aliphatic carboxylic acids is 1. The molecule has 1 aromatic heterocycles. The lowest BCUT2D eigenvalue weighted by atomic mass is 10.1. The van der Waals surface area contributed by atoms with Crippen molar-refractivity contribution in [3.05, 3.63) is 29.1 Å². The Morgan fingerprint density at radius 2 is 1.94 bits per heavy atom. The molecular formula is C23H30N2O7S. The van der Waals surface area contributed by atoms with Gasteiger partial charge in [-0.15, -0.1) is 11.3 Å². The Kier molecular flexibility index (Phi) is 7.83. The predicted molar refractivity (Wildman–Crippen MR) is 125 cm³/mol. The molecule has 33 heavy (non-hydrogen) atoms. The molecule has 3 rings (SSSR count).